The van der Waals surface area contributed by atoms with Crippen LogP contribution in [0.15, 0.2) is 29.1 Å². The van der Waals surface area contributed by atoms with E-state index in [0.717, 1.165) is 16.3 Å². The van der Waals surface area contributed by atoms with Crippen LogP contribution < -0.4 is 20.2 Å². The summed E-state index contributed by atoms with van der Waals surface area (Å²) in [4.78, 5) is 36.5. The predicted molar refractivity (Wildman–Crippen MR) is 102 cm³/mol. The molecule has 0 atom stereocenters. The van der Waals surface area contributed by atoms with E-state index < -0.39 is 0 Å². The lowest BCUT2D eigenvalue weighted by Gasteiger charge is -2.09. The van der Waals surface area contributed by atoms with Crippen molar-refractivity contribution in [1.29, 1.82) is 0 Å². The van der Waals surface area contributed by atoms with Crippen LogP contribution in [-0.4, -0.2) is 29.5 Å². The maximum Gasteiger partial charge on any atom is 0.307 e. The molecule has 0 radical (unpaired) electrons. The van der Waals surface area contributed by atoms with Crippen molar-refractivity contribution < 1.29 is 14.3 Å². The van der Waals surface area contributed by atoms with Gasteiger partial charge in [-0.15, -0.1) is 0 Å². The number of hydrogen-bond donors (Lipinski definition) is 2. The number of benzene rings is 1. The predicted octanol–water partition coefficient (Wildman–Crippen LogP) is 2.07. The van der Waals surface area contributed by atoms with Crippen LogP contribution in [0.2, 0.25) is 0 Å². The van der Waals surface area contributed by atoms with Gasteiger partial charge in [0.2, 0.25) is 11.8 Å². The zero-order valence-electron chi connectivity index (χ0n) is 15.1. The van der Waals surface area contributed by atoms with E-state index in [-0.39, 0.29) is 29.7 Å². The van der Waals surface area contributed by atoms with Crippen molar-refractivity contribution in [2.75, 3.05) is 18.5 Å². The van der Waals surface area contributed by atoms with Crippen molar-refractivity contribution in [1.82, 2.24) is 9.88 Å². The quantitative estimate of drug-likeness (QED) is 0.737. The van der Waals surface area contributed by atoms with Gasteiger partial charge in [0, 0.05) is 29.2 Å². The molecule has 2 rings (SSSR count). The molecular weight excluding hydrogens is 354 g/mol. The molecule has 7 nitrogen and oxygen atoms in total. The van der Waals surface area contributed by atoms with Crippen LogP contribution in [0.5, 0.6) is 5.75 Å². The molecule has 0 saturated heterocycles. The number of rotatable bonds is 8. The largest absolute Gasteiger partial charge is 0.494 e. The lowest BCUT2D eigenvalue weighted by atomic mass is 10.3. The topological polar surface area (TPSA) is 89.4 Å². The van der Waals surface area contributed by atoms with Gasteiger partial charge < -0.3 is 19.9 Å². The number of amides is 2. The van der Waals surface area contributed by atoms with Crippen LogP contribution in [0.3, 0.4) is 0 Å². The first-order valence-electron chi connectivity index (χ1n) is 8.37. The van der Waals surface area contributed by atoms with Crippen LogP contribution in [0, 0.1) is 13.8 Å². The minimum absolute atomic E-state index is 0.0685. The average Bonchev–Trinajstić information content (AvgIpc) is 2.85. The number of hydrogen-bond acceptors (Lipinski definition) is 5. The first-order valence-corrected chi connectivity index (χ1v) is 9.18. The molecule has 0 bridgehead atoms. The molecule has 2 aromatic rings. The van der Waals surface area contributed by atoms with E-state index >= 15 is 0 Å². The number of anilines is 1. The molecule has 2 N–H and O–H groups in total. The number of aromatic nitrogens is 1. The molecule has 0 fully saturated rings. The fourth-order valence-corrected chi connectivity index (χ4v) is 3.19. The highest BCUT2D eigenvalue weighted by Gasteiger charge is 2.10. The average molecular weight is 377 g/mol. The Morgan fingerprint density at radius 2 is 1.85 bits per heavy atom. The smallest absolute Gasteiger partial charge is 0.307 e. The molecule has 2 amide bonds. The number of nitrogens with one attached hydrogen (secondary N) is 2. The number of carbonyl (C=O) groups excluding carboxylic acids is 2. The first-order chi connectivity index (χ1) is 12.4. The molecule has 1 heterocycles. The Hall–Kier alpha value is -2.61. The molecular formula is C18H23N3O4S. The zero-order chi connectivity index (χ0) is 19.1. The third-order valence-corrected chi connectivity index (χ3v) is 4.83. The molecule has 0 aliphatic carbocycles. The van der Waals surface area contributed by atoms with Gasteiger partial charge in [-0.25, -0.2) is 0 Å². The monoisotopic (exact) mass is 377 g/mol. The van der Waals surface area contributed by atoms with Crippen molar-refractivity contribution >= 4 is 28.8 Å². The summed E-state index contributed by atoms with van der Waals surface area (Å²) in [6.45, 7) is 6.40. The van der Waals surface area contributed by atoms with Crippen LogP contribution in [0.4, 0.5) is 5.69 Å². The number of thiazole rings is 1. The summed E-state index contributed by atoms with van der Waals surface area (Å²) in [7, 11) is 0. The molecule has 0 aliphatic rings. The molecule has 1 aromatic carbocycles. The number of aryl methyl sites for hydroxylation is 1. The third kappa shape index (κ3) is 5.45. The minimum atomic E-state index is -0.317. The molecule has 0 spiro atoms. The molecule has 140 valence electrons. The van der Waals surface area contributed by atoms with E-state index in [1.54, 1.807) is 28.8 Å². The van der Waals surface area contributed by atoms with E-state index in [9.17, 15) is 14.4 Å². The Kier molecular flexibility index (Phi) is 6.97. The highest BCUT2D eigenvalue weighted by Crippen LogP contribution is 2.15. The van der Waals surface area contributed by atoms with Crippen molar-refractivity contribution in [3.8, 4) is 5.75 Å². The Labute approximate surface area is 156 Å². The van der Waals surface area contributed by atoms with Crippen molar-refractivity contribution in [3.05, 3.63) is 44.5 Å². The lowest BCUT2D eigenvalue weighted by Crippen LogP contribution is -2.33. The van der Waals surface area contributed by atoms with E-state index in [0.29, 0.717) is 18.8 Å². The fraction of sp³-hybridized carbons (Fsp3) is 0.389. The van der Waals surface area contributed by atoms with Gasteiger partial charge in [0.15, 0.2) is 0 Å². The molecule has 26 heavy (non-hydrogen) atoms. The Morgan fingerprint density at radius 3 is 2.42 bits per heavy atom. The van der Waals surface area contributed by atoms with Gasteiger partial charge in [-0.2, -0.15) is 0 Å². The van der Waals surface area contributed by atoms with Gasteiger partial charge in [0.05, 0.1) is 13.2 Å². The van der Waals surface area contributed by atoms with Crippen molar-refractivity contribution in [2.24, 2.45) is 0 Å². The highest BCUT2D eigenvalue weighted by molar-refractivity contribution is 7.09. The molecule has 0 aliphatic heterocycles. The first kappa shape index (κ1) is 19.7. The molecule has 0 unspecified atom stereocenters. The standard InChI is InChI=1S/C18H23N3O4S/c1-4-25-15-7-5-14(6-8-15)20-17(23)11-19-16(22)9-10-21-12(2)13(3)26-18(21)24/h5-8H,4,9-11H2,1-3H3,(H,19,22)(H,20,23). The van der Waals surface area contributed by atoms with Crippen LogP contribution in [-0.2, 0) is 16.1 Å². The normalized spacial score (nSPS) is 10.4. The Bertz CT molecular complexity index is 824. The maximum atomic E-state index is 11.9. The lowest BCUT2D eigenvalue weighted by molar-refractivity contribution is -0.124. The van der Waals surface area contributed by atoms with Gasteiger partial charge >= 0.3 is 4.87 Å². The van der Waals surface area contributed by atoms with Gasteiger partial charge in [0.25, 0.3) is 0 Å². The number of carbonyl (C=O) groups is 2. The van der Waals surface area contributed by atoms with Gasteiger partial charge in [-0.1, -0.05) is 11.3 Å². The molecule has 8 heteroatoms. The van der Waals surface area contributed by atoms with Crippen LogP contribution in [0.1, 0.15) is 23.9 Å². The second-order valence-corrected chi connectivity index (χ2v) is 6.86. The minimum Gasteiger partial charge on any atom is -0.494 e. The zero-order valence-corrected chi connectivity index (χ0v) is 15.9. The van der Waals surface area contributed by atoms with Crippen molar-refractivity contribution in [3.63, 3.8) is 0 Å². The summed E-state index contributed by atoms with van der Waals surface area (Å²) in [5.74, 6) is 0.136. The van der Waals surface area contributed by atoms with Gasteiger partial charge in [-0.3, -0.25) is 14.4 Å². The Balaban J connectivity index is 1.76. The highest BCUT2D eigenvalue weighted by atomic mass is 32.1. The summed E-state index contributed by atoms with van der Waals surface area (Å²) in [5.41, 5.74) is 1.50. The summed E-state index contributed by atoms with van der Waals surface area (Å²) in [6.07, 6.45) is 0.146. The second kappa shape index (κ2) is 9.19. The van der Waals surface area contributed by atoms with Crippen molar-refractivity contribution in [2.45, 2.75) is 33.7 Å². The number of ether oxygens (including phenoxy) is 1. The molecule has 0 saturated carbocycles. The summed E-state index contributed by atoms with van der Waals surface area (Å²) >= 11 is 1.17. The summed E-state index contributed by atoms with van der Waals surface area (Å²) in [6, 6.07) is 7.00. The Morgan fingerprint density at radius 1 is 1.15 bits per heavy atom. The maximum absolute atomic E-state index is 11.9. The third-order valence-electron chi connectivity index (χ3n) is 3.83. The van der Waals surface area contributed by atoms with E-state index in [2.05, 4.69) is 10.6 Å². The number of nitrogens with zero attached hydrogens (tertiary/aromatic N) is 1. The molecule has 1 aromatic heterocycles. The van der Waals surface area contributed by atoms with E-state index in [1.807, 2.05) is 20.8 Å². The SMILES string of the molecule is CCOc1ccc(NC(=O)CNC(=O)CCn2c(C)c(C)sc2=O)cc1. The van der Waals surface area contributed by atoms with Crippen LogP contribution >= 0.6 is 11.3 Å². The van der Waals surface area contributed by atoms with Crippen LogP contribution in [0.25, 0.3) is 0 Å². The fourth-order valence-electron chi connectivity index (χ4n) is 2.33. The second-order valence-electron chi connectivity index (χ2n) is 5.69. The van der Waals surface area contributed by atoms with Gasteiger partial charge in [0.1, 0.15) is 5.75 Å². The summed E-state index contributed by atoms with van der Waals surface area (Å²) in [5, 5.41) is 5.26. The van der Waals surface area contributed by atoms with Gasteiger partial charge in [-0.05, 0) is 45.0 Å². The summed E-state index contributed by atoms with van der Waals surface area (Å²) < 4.78 is 6.92. The van der Waals surface area contributed by atoms with E-state index in [1.165, 1.54) is 11.3 Å². The van der Waals surface area contributed by atoms with E-state index in [4.69, 9.17) is 4.74 Å².